The van der Waals surface area contributed by atoms with Gasteiger partial charge in [0.2, 0.25) is 4.96 Å². The Hall–Kier alpha value is -0.430. The molecule has 0 amide bonds. The maximum absolute atomic E-state index is 5.87. The fraction of sp³-hybridized carbons (Fsp3) is 0. The number of nitrogens with zero attached hydrogens (tertiary/aromatic N) is 3. The molecule has 0 radical (unpaired) electrons. The minimum absolute atomic E-state index is 0.774. The first kappa shape index (κ1) is 9.77. The van der Waals surface area contributed by atoms with Crippen molar-refractivity contribution in [2.24, 2.45) is 0 Å². The van der Waals surface area contributed by atoms with Gasteiger partial charge in [0.15, 0.2) is 3.92 Å². The molecule has 3 heterocycles. The Bertz CT molecular complexity index is 595. The molecule has 0 aliphatic rings. The Kier molecular flexibility index (Phi) is 2.31. The van der Waals surface area contributed by atoms with Crippen molar-refractivity contribution in [1.82, 2.24) is 14.6 Å². The van der Waals surface area contributed by atoms with Crippen LogP contribution < -0.4 is 0 Å². The van der Waals surface area contributed by atoms with Gasteiger partial charge in [0.25, 0.3) is 0 Å². The number of halogens is 2. The van der Waals surface area contributed by atoms with Crippen molar-refractivity contribution in [1.29, 1.82) is 0 Å². The maximum Gasteiger partial charge on any atom is 0.213 e. The van der Waals surface area contributed by atoms with E-state index < -0.39 is 0 Å². The van der Waals surface area contributed by atoms with Gasteiger partial charge in [0.05, 0.1) is 16.2 Å². The second kappa shape index (κ2) is 3.55. The van der Waals surface area contributed by atoms with Crippen LogP contribution in [0.15, 0.2) is 21.6 Å². The largest absolute Gasteiger partial charge is 0.217 e. The molecule has 0 spiro atoms. The van der Waals surface area contributed by atoms with Crippen LogP contribution >= 0.6 is 50.2 Å². The van der Waals surface area contributed by atoms with Gasteiger partial charge < -0.3 is 0 Å². The molecular formula is C8H3BrClN3S2. The van der Waals surface area contributed by atoms with Crippen LogP contribution in [0.2, 0.25) is 4.34 Å². The topological polar surface area (TPSA) is 30.2 Å². The van der Waals surface area contributed by atoms with Crippen LogP contribution in [0.4, 0.5) is 0 Å². The molecule has 3 nitrogen and oxygen atoms in total. The van der Waals surface area contributed by atoms with Gasteiger partial charge >= 0.3 is 0 Å². The van der Waals surface area contributed by atoms with Crippen LogP contribution in [-0.4, -0.2) is 14.6 Å². The smallest absolute Gasteiger partial charge is 0.213 e. The number of hydrogen-bond acceptors (Lipinski definition) is 4. The SMILES string of the molecule is Clc1cc(-c2cn3nc(Br)sc3n2)cs1. The summed E-state index contributed by atoms with van der Waals surface area (Å²) in [6.07, 6.45) is 1.90. The number of rotatable bonds is 1. The van der Waals surface area contributed by atoms with Crippen molar-refractivity contribution in [3.05, 3.63) is 25.9 Å². The highest BCUT2D eigenvalue weighted by Crippen LogP contribution is 2.29. The van der Waals surface area contributed by atoms with E-state index in [4.69, 9.17) is 11.6 Å². The fourth-order valence-electron chi connectivity index (χ4n) is 1.26. The van der Waals surface area contributed by atoms with E-state index >= 15 is 0 Å². The summed E-state index contributed by atoms with van der Waals surface area (Å²) in [6, 6.07) is 1.91. The lowest BCUT2D eigenvalue weighted by Crippen LogP contribution is -1.77. The predicted octanol–water partition coefficient (Wildman–Crippen LogP) is 3.94. The highest BCUT2D eigenvalue weighted by Gasteiger charge is 2.09. The maximum atomic E-state index is 5.87. The number of aromatic nitrogens is 3. The molecule has 0 aromatic carbocycles. The third-order valence-electron chi connectivity index (χ3n) is 1.88. The van der Waals surface area contributed by atoms with Gasteiger partial charge in [0.1, 0.15) is 0 Å². The summed E-state index contributed by atoms with van der Waals surface area (Å²) in [5.74, 6) is 0. The summed E-state index contributed by atoms with van der Waals surface area (Å²) in [4.78, 5) is 5.33. The quantitative estimate of drug-likeness (QED) is 0.680. The predicted molar refractivity (Wildman–Crippen MR) is 66.9 cm³/mol. The Morgan fingerprint density at radius 1 is 1.47 bits per heavy atom. The minimum atomic E-state index is 0.774. The highest BCUT2D eigenvalue weighted by molar-refractivity contribution is 9.11. The monoisotopic (exact) mass is 319 g/mol. The summed E-state index contributed by atoms with van der Waals surface area (Å²) in [6.45, 7) is 0. The Labute approximate surface area is 106 Å². The number of hydrogen-bond donors (Lipinski definition) is 0. The molecule has 0 aliphatic heterocycles. The molecule has 0 saturated heterocycles. The van der Waals surface area contributed by atoms with Gasteiger partial charge in [-0.1, -0.05) is 22.9 Å². The van der Waals surface area contributed by atoms with Gasteiger partial charge in [0, 0.05) is 10.9 Å². The van der Waals surface area contributed by atoms with E-state index in [1.165, 1.54) is 22.7 Å². The lowest BCUT2D eigenvalue weighted by atomic mass is 10.3. The fourth-order valence-corrected chi connectivity index (χ4v) is 3.35. The van der Waals surface area contributed by atoms with Crippen LogP contribution in [0.5, 0.6) is 0 Å². The first-order chi connectivity index (χ1) is 7.22. The van der Waals surface area contributed by atoms with Crippen molar-refractivity contribution < 1.29 is 0 Å². The van der Waals surface area contributed by atoms with E-state index in [9.17, 15) is 0 Å². The molecule has 15 heavy (non-hydrogen) atoms. The second-order valence-electron chi connectivity index (χ2n) is 2.85. The van der Waals surface area contributed by atoms with E-state index in [2.05, 4.69) is 26.0 Å². The molecule has 0 fully saturated rings. The molecule has 0 N–H and O–H groups in total. The first-order valence-corrected chi connectivity index (χ1v) is 6.85. The summed E-state index contributed by atoms with van der Waals surface area (Å²) in [5.41, 5.74) is 1.95. The molecule has 76 valence electrons. The minimum Gasteiger partial charge on any atom is -0.217 e. The van der Waals surface area contributed by atoms with E-state index in [0.29, 0.717) is 0 Å². The number of imidazole rings is 1. The normalized spacial score (nSPS) is 11.3. The average Bonchev–Trinajstić information content (AvgIpc) is 2.78. The zero-order valence-electron chi connectivity index (χ0n) is 7.15. The third-order valence-corrected chi connectivity index (χ3v) is 4.33. The zero-order chi connectivity index (χ0) is 10.4. The standard InChI is InChI=1S/C8H3BrClN3S2/c9-7-12-13-2-5(11-8(13)15-7)4-1-6(10)14-3-4/h1-3H. The van der Waals surface area contributed by atoms with Gasteiger partial charge in [-0.15, -0.1) is 16.4 Å². The van der Waals surface area contributed by atoms with Crippen LogP contribution in [0, 0.1) is 0 Å². The molecular weight excluding hydrogens is 318 g/mol. The van der Waals surface area contributed by atoms with Crippen molar-refractivity contribution in [2.75, 3.05) is 0 Å². The molecule has 3 rings (SSSR count). The van der Waals surface area contributed by atoms with Crippen LogP contribution in [0.1, 0.15) is 0 Å². The van der Waals surface area contributed by atoms with Gasteiger partial charge in [-0.25, -0.2) is 9.50 Å². The van der Waals surface area contributed by atoms with Crippen LogP contribution in [0.3, 0.4) is 0 Å². The van der Waals surface area contributed by atoms with Crippen molar-refractivity contribution >= 4 is 55.2 Å². The summed E-state index contributed by atoms with van der Waals surface area (Å²) < 4.78 is 3.37. The van der Waals surface area contributed by atoms with Crippen molar-refractivity contribution in [3.63, 3.8) is 0 Å². The molecule has 7 heteroatoms. The molecule has 0 unspecified atom stereocenters. The molecule has 3 aromatic heterocycles. The summed E-state index contributed by atoms with van der Waals surface area (Å²) in [5, 5.41) is 6.22. The summed E-state index contributed by atoms with van der Waals surface area (Å²) in [7, 11) is 0. The van der Waals surface area contributed by atoms with Gasteiger partial charge in [-0.05, 0) is 22.0 Å². The molecule has 3 aromatic rings. The van der Waals surface area contributed by atoms with Crippen molar-refractivity contribution in [3.8, 4) is 11.3 Å². The van der Waals surface area contributed by atoms with E-state index in [-0.39, 0.29) is 0 Å². The lowest BCUT2D eigenvalue weighted by Gasteiger charge is -1.85. The van der Waals surface area contributed by atoms with E-state index in [1.54, 1.807) is 4.52 Å². The Morgan fingerprint density at radius 3 is 3.00 bits per heavy atom. The first-order valence-electron chi connectivity index (χ1n) is 3.98. The van der Waals surface area contributed by atoms with Gasteiger partial charge in [-0.2, -0.15) is 0 Å². The van der Waals surface area contributed by atoms with Crippen LogP contribution in [0.25, 0.3) is 16.2 Å². The molecule has 0 aliphatic carbocycles. The Balaban J connectivity index is 2.15. The Morgan fingerprint density at radius 2 is 2.33 bits per heavy atom. The number of thiophene rings is 1. The lowest BCUT2D eigenvalue weighted by molar-refractivity contribution is 0.959. The van der Waals surface area contributed by atoms with Crippen molar-refractivity contribution in [2.45, 2.75) is 0 Å². The molecule has 0 bridgehead atoms. The second-order valence-corrected chi connectivity index (χ2v) is 6.62. The third kappa shape index (κ3) is 1.71. The van der Waals surface area contributed by atoms with E-state index in [0.717, 1.165) is 24.5 Å². The van der Waals surface area contributed by atoms with Gasteiger partial charge in [-0.3, -0.25) is 0 Å². The van der Waals surface area contributed by atoms with E-state index in [1.807, 2.05) is 17.6 Å². The zero-order valence-corrected chi connectivity index (χ0v) is 11.1. The number of fused-ring (bicyclic) bond motifs is 1. The highest BCUT2D eigenvalue weighted by atomic mass is 79.9. The van der Waals surface area contributed by atoms with Crippen LogP contribution in [-0.2, 0) is 0 Å². The average molecular weight is 321 g/mol. The molecule has 0 atom stereocenters. The molecule has 0 saturated carbocycles. The summed E-state index contributed by atoms with van der Waals surface area (Å²) >= 11 is 12.2.